The molecular weight excluding hydrogens is 224 g/mol. The predicted molar refractivity (Wildman–Crippen MR) is 76.8 cm³/mol. The van der Waals surface area contributed by atoms with Crippen molar-refractivity contribution in [2.45, 2.75) is 71.8 Å². The Morgan fingerprint density at radius 1 is 1.17 bits per heavy atom. The lowest BCUT2D eigenvalue weighted by molar-refractivity contribution is 0.135. The van der Waals surface area contributed by atoms with Crippen molar-refractivity contribution in [1.82, 2.24) is 9.80 Å². The first-order chi connectivity index (χ1) is 8.70. The first-order valence-electron chi connectivity index (χ1n) is 7.76. The van der Waals surface area contributed by atoms with Gasteiger partial charge in [0.1, 0.15) is 0 Å². The molecule has 0 aromatic heterocycles. The van der Waals surface area contributed by atoms with E-state index in [1.165, 1.54) is 25.7 Å². The highest BCUT2D eigenvalue weighted by Crippen LogP contribution is 2.15. The van der Waals surface area contributed by atoms with E-state index in [0.29, 0.717) is 6.04 Å². The molecule has 1 aliphatic rings. The normalized spacial score (nSPS) is 18.3. The summed E-state index contributed by atoms with van der Waals surface area (Å²) < 4.78 is 0. The van der Waals surface area contributed by atoms with E-state index in [2.05, 4.69) is 30.6 Å². The van der Waals surface area contributed by atoms with Crippen LogP contribution >= 0.6 is 0 Å². The van der Waals surface area contributed by atoms with Crippen molar-refractivity contribution in [2.24, 2.45) is 0 Å². The maximum atomic E-state index is 12.6. The van der Waals surface area contributed by atoms with Crippen molar-refractivity contribution in [2.75, 3.05) is 19.6 Å². The van der Waals surface area contributed by atoms with E-state index in [1.807, 2.05) is 0 Å². The molecule has 0 radical (unpaired) electrons. The van der Waals surface area contributed by atoms with Crippen molar-refractivity contribution in [3.63, 3.8) is 0 Å². The summed E-state index contributed by atoms with van der Waals surface area (Å²) in [5.41, 5.74) is 0. The van der Waals surface area contributed by atoms with E-state index in [1.54, 1.807) is 0 Å². The van der Waals surface area contributed by atoms with Crippen molar-refractivity contribution in [3.8, 4) is 0 Å². The molecule has 106 valence electrons. The van der Waals surface area contributed by atoms with Gasteiger partial charge < -0.3 is 9.80 Å². The van der Waals surface area contributed by atoms with Crippen molar-refractivity contribution < 1.29 is 4.79 Å². The molecule has 1 unspecified atom stereocenters. The number of unbranched alkanes of at least 4 members (excludes halogenated alkanes) is 1. The van der Waals surface area contributed by atoms with Crippen LogP contribution in [-0.2, 0) is 0 Å². The fourth-order valence-corrected chi connectivity index (χ4v) is 2.50. The van der Waals surface area contributed by atoms with Crippen LogP contribution in [0.1, 0.15) is 65.7 Å². The summed E-state index contributed by atoms with van der Waals surface area (Å²) in [7, 11) is 0. The van der Waals surface area contributed by atoms with Gasteiger partial charge in [0.05, 0.1) is 0 Å². The van der Waals surface area contributed by atoms with Crippen LogP contribution in [0.5, 0.6) is 0 Å². The Labute approximate surface area is 113 Å². The minimum atomic E-state index is 0.278. The van der Waals surface area contributed by atoms with E-state index in [9.17, 15) is 4.79 Å². The third kappa shape index (κ3) is 4.51. The van der Waals surface area contributed by atoms with Gasteiger partial charge >= 0.3 is 6.03 Å². The van der Waals surface area contributed by atoms with Crippen LogP contribution in [0.2, 0.25) is 0 Å². The van der Waals surface area contributed by atoms with Crippen LogP contribution in [0.4, 0.5) is 4.79 Å². The van der Waals surface area contributed by atoms with Crippen LogP contribution in [0.3, 0.4) is 0 Å². The smallest absolute Gasteiger partial charge is 0.320 e. The SMILES string of the molecule is CCCCN(C(=O)N1CCCCCC1)C(C)CC. The topological polar surface area (TPSA) is 23.6 Å². The molecule has 0 aliphatic carbocycles. The summed E-state index contributed by atoms with van der Waals surface area (Å²) in [6, 6.07) is 0.645. The van der Waals surface area contributed by atoms with Crippen LogP contribution in [0.25, 0.3) is 0 Å². The van der Waals surface area contributed by atoms with Crippen molar-refractivity contribution >= 4 is 6.03 Å². The van der Waals surface area contributed by atoms with Crippen LogP contribution in [0, 0.1) is 0 Å². The number of rotatable bonds is 5. The molecule has 0 saturated carbocycles. The largest absolute Gasteiger partial charge is 0.325 e. The number of urea groups is 1. The van der Waals surface area contributed by atoms with Crippen molar-refractivity contribution in [1.29, 1.82) is 0 Å². The van der Waals surface area contributed by atoms with Gasteiger partial charge in [0.25, 0.3) is 0 Å². The van der Waals surface area contributed by atoms with E-state index < -0.39 is 0 Å². The molecule has 3 nitrogen and oxygen atoms in total. The molecular formula is C15H30N2O. The third-order valence-corrected chi connectivity index (χ3v) is 4.00. The van der Waals surface area contributed by atoms with Gasteiger partial charge in [0.15, 0.2) is 0 Å². The zero-order valence-corrected chi connectivity index (χ0v) is 12.5. The molecule has 0 N–H and O–H groups in total. The Morgan fingerprint density at radius 2 is 1.78 bits per heavy atom. The lowest BCUT2D eigenvalue weighted by atomic mass is 10.2. The Kier molecular flexibility index (Phi) is 7.14. The average Bonchev–Trinajstić information content (AvgIpc) is 2.67. The van der Waals surface area contributed by atoms with E-state index in [-0.39, 0.29) is 6.03 Å². The molecule has 1 aliphatic heterocycles. The van der Waals surface area contributed by atoms with Gasteiger partial charge in [-0.3, -0.25) is 0 Å². The minimum Gasteiger partial charge on any atom is -0.325 e. The van der Waals surface area contributed by atoms with Crippen LogP contribution < -0.4 is 0 Å². The fourth-order valence-electron chi connectivity index (χ4n) is 2.50. The minimum absolute atomic E-state index is 0.278. The van der Waals surface area contributed by atoms with Gasteiger partial charge in [-0.2, -0.15) is 0 Å². The Hall–Kier alpha value is -0.730. The molecule has 1 heterocycles. The van der Waals surface area contributed by atoms with Gasteiger partial charge in [0.2, 0.25) is 0 Å². The molecule has 3 heteroatoms. The molecule has 1 atom stereocenters. The Balaban J connectivity index is 2.60. The van der Waals surface area contributed by atoms with Crippen LogP contribution in [-0.4, -0.2) is 41.5 Å². The average molecular weight is 254 g/mol. The summed E-state index contributed by atoms with van der Waals surface area (Å²) in [5, 5.41) is 0. The summed E-state index contributed by atoms with van der Waals surface area (Å²) in [6.07, 6.45) is 8.22. The lowest BCUT2D eigenvalue weighted by Crippen LogP contribution is -2.47. The Bertz CT molecular complexity index is 235. The molecule has 0 aromatic carbocycles. The lowest BCUT2D eigenvalue weighted by Gasteiger charge is -2.34. The maximum Gasteiger partial charge on any atom is 0.320 e. The van der Waals surface area contributed by atoms with Gasteiger partial charge in [-0.05, 0) is 32.6 Å². The summed E-state index contributed by atoms with van der Waals surface area (Å²) in [5.74, 6) is 0. The molecule has 0 spiro atoms. The fraction of sp³-hybridized carbons (Fsp3) is 0.933. The second-order valence-electron chi connectivity index (χ2n) is 5.49. The van der Waals surface area contributed by atoms with Gasteiger partial charge in [-0.1, -0.05) is 33.1 Å². The third-order valence-electron chi connectivity index (χ3n) is 4.00. The second kappa shape index (κ2) is 8.39. The Morgan fingerprint density at radius 3 is 2.28 bits per heavy atom. The van der Waals surface area contributed by atoms with E-state index in [0.717, 1.165) is 38.9 Å². The quantitative estimate of drug-likeness (QED) is 0.730. The van der Waals surface area contributed by atoms with E-state index in [4.69, 9.17) is 0 Å². The van der Waals surface area contributed by atoms with Gasteiger partial charge in [-0.25, -0.2) is 4.79 Å². The first kappa shape index (κ1) is 15.3. The highest BCUT2D eigenvalue weighted by Gasteiger charge is 2.24. The molecule has 1 saturated heterocycles. The predicted octanol–water partition coefficient (Wildman–Crippen LogP) is 3.88. The molecule has 0 aromatic rings. The second-order valence-corrected chi connectivity index (χ2v) is 5.49. The zero-order chi connectivity index (χ0) is 13.4. The number of nitrogens with zero attached hydrogens (tertiary/aromatic N) is 2. The maximum absolute atomic E-state index is 12.6. The van der Waals surface area contributed by atoms with Crippen molar-refractivity contribution in [3.05, 3.63) is 0 Å². The van der Waals surface area contributed by atoms with E-state index >= 15 is 0 Å². The molecule has 1 rings (SSSR count). The first-order valence-corrected chi connectivity index (χ1v) is 7.76. The summed E-state index contributed by atoms with van der Waals surface area (Å²) >= 11 is 0. The number of carbonyl (C=O) groups is 1. The zero-order valence-electron chi connectivity index (χ0n) is 12.5. The van der Waals surface area contributed by atoms with Gasteiger partial charge in [-0.15, -0.1) is 0 Å². The monoisotopic (exact) mass is 254 g/mol. The number of hydrogen-bond donors (Lipinski definition) is 0. The summed E-state index contributed by atoms with van der Waals surface area (Å²) in [4.78, 5) is 16.8. The van der Waals surface area contributed by atoms with Crippen LogP contribution in [0.15, 0.2) is 0 Å². The number of amides is 2. The highest BCUT2D eigenvalue weighted by molar-refractivity contribution is 5.74. The number of carbonyl (C=O) groups excluding carboxylic acids is 1. The molecule has 2 amide bonds. The summed E-state index contributed by atoms with van der Waals surface area (Å²) in [6.45, 7) is 9.35. The number of hydrogen-bond acceptors (Lipinski definition) is 1. The molecule has 0 bridgehead atoms. The molecule has 1 fully saturated rings. The number of likely N-dealkylation sites (tertiary alicyclic amines) is 1. The standard InChI is InChI=1S/C15H30N2O/c1-4-6-13-17(14(3)5-2)15(18)16-11-9-7-8-10-12-16/h14H,4-13H2,1-3H3. The highest BCUT2D eigenvalue weighted by atomic mass is 16.2. The van der Waals surface area contributed by atoms with Gasteiger partial charge in [0, 0.05) is 25.7 Å². The molecule has 18 heavy (non-hydrogen) atoms.